The molecule has 0 fully saturated rings. The highest BCUT2D eigenvalue weighted by Crippen LogP contribution is 2.33. The fraction of sp³-hybridized carbons (Fsp3) is 0.192. The number of benzene rings is 3. The molecular formula is C26H22ClF3N4O2. The first-order valence-electron chi connectivity index (χ1n) is 11.0. The Morgan fingerprint density at radius 1 is 1.06 bits per heavy atom. The van der Waals surface area contributed by atoms with E-state index in [1.54, 1.807) is 48.5 Å². The number of amides is 1. The number of carbonyl (C=O) groups is 1. The van der Waals surface area contributed by atoms with Crippen LogP contribution in [0.4, 0.5) is 18.9 Å². The third-order valence-corrected chi connectivity index (χ3v) is 5.27. The molecule has 0 bridgehead atoms. The average Bonchev–Trinajstić information content (AvgIpc) is 3.27. The Kier molecular flexibility index (Phi) is 7.30. The van der Waals surface area contributed by atoms with E-state index in [4.69, 9.17) is 16.3 Å². The summed E-state index contributed by atoms with van der Waals surface area (Å²) in [6.45, 7) is 4.27. The van der Waals surface area contributed by atoms with Gasteiger partial charge < -0.3 is 10.1 Å². The maximum atomic E-state index is 13.3. The van der Waals surface area contributed by atoms with Gasteiger partial charge in [-0.15, -0.1) is 5.10 Å². The van der Waals surface area contributed by atoms with Crippen molar-refractivity contribution in [1.29, 1.82) is 0 Å². The lowest BCUT2D eigenvalue weighted by atomic mass is 10.1. The average molecular weight is 515 g/mol. The van der Waals surface area contributed by atoms with Gasteiger partial charge in [0.05, 0.1) is 17.9 Å². The van der Waals surface area contributed by atoms with E-state index in [0.717, 1.165) is 12.1 Å². The zero-order valence-electron chi connectivity index (χ0n) is 19.4. The number of halogens is 4. The summed E-state index contributed by atoms with van der Waals surface area (Å²) in [7, 11) is 0. The van der Waals surface area contributed by atoms with Crippen LogP contribution in [0.1, 0.15) is 29.8 Å². The van der Waals surface area contributed by atoms with Gasteiger partial charge in [-0.2, -0.15) is 18.2 Å². The molecule has 1 amide bonds. The molecule has 1 N–H and O–H groups in total. The van der Waals surface area contributed by atoms with Crippen molar-refractivity contribution in [3.63, 3.8) is 0 Å². The Hall–Kier alpha value is -3.85. The van der Waals surface area contributed by atoms with Gasteiger partial charge in [0.25, 0.3) is 5.91 Å². The Labute approximate surface area is 210 Å². The summed E-state index contributed by atoms with van der Waals surface area (Å²) >= 11 is 5.95. The Morgan fingerprint density at radius 2 is 1.78 bits per heavy atom. The van der Waals surface area contributed by atoms with E-state index in [1.165, 1.54) is 16.8 Å². The minimum Gasteiger partial charge on any atom is -0.462 e. The number of aromatic nitrogens is 3. The highest BCUT2D eigenvalue weighted by atomic mass is 35.5. The molecule has 186 valence electrons. The van der Waals surface area contributed by atoms with Gasteiger partial charge >= 0.3 is 12.2 Å². The molecule has 0 aliphatic heterocycles. The second-order valence-electron chi connectivity index (χ2n) is 8.42. The van der Waals surface area contributed by atoms with Crippen LogP contribution in [-0.2, 0) is 6.18 Å². The predicted octanol–water partition coefficient (Wildman–Crippen LogP) is 6.89. The summed E-state index contributed by atoms with van der Waals surface area (Å²) in [5, 5.41) is 7.59. The molecule has 1 aromatic heterocycles. The molecule has 6 nitrogen and oxygen atoms in total. The molecule has 4 rings (SSSR count). The second-order valence-corrected chi connectivity index (χ2v) is 8.86. The van der Waals surface area contributed by atoms with Gasteiger partial charge in [0.2, 0.25) is 0 Å². The SMILES string of the molecule is CC(C)COc1nc(-c2cccc(C(F)(F)F)c2)n(-c2ccc(NC(=O)c3cccc(Cl)c3)cc2)n1. The molecule has 1 heterocycles. The van der Waals surface area contributed by atoms with Crippen LogP contribution in [0.2, 0.25) is 5.02 Å². The van der Waals surface area contributed by atoms with E-state index in [1.807, 2.05) is 13.8 Å². The van der Waals surface area contributed by atoms with Gasteiger partial charge in [-0.1, -0.05) is 43.6 Å². The summed E-state index contributed by atoms with van der Waals surface area (Å²) in [5.74, 6) is 0.0620. The van der Waals surface area contributed by atoms with Gasteiger partial charge in [-0.25, -0.2) is 4.68 Å². The molecule has 36 heavy (non-hydrogen) atoms. The van der Waals surface area contributed by atoms with Crippen molar-refractivity contribution in [2.75, 3.05) is 11.9 Å². The van der Waals surface area contributed by atoms with E-state index in [-0.39, 0.29) is 29.2 Å². The Bertz CT molecular complexity index is 1370. The fourth-order valence-electron chi connectivity index (χ4n) is 3.32. The first-order chi connectivity index (χ1) is 17.1. The van der Waals surface area contributed by atoms with Crippen LogP contribution in [0.15, 0.2) is 72.8 Å². The number of carbonyl (C=O) groups excluding carboxylic acids is 1. The number of nitrogens with one attached hydrogen (secondary N) is 1. The topological polar surface area (TPSA) is 69.0 Å². The van der Waals surface area contributed by atoms with Crippen molar-refractivity contribution in [1.82, 2.24) is 14.8 Å². The van der Waals surface area contributed by atoms with Gasteiger partial charge in [-0.05, 0) is 60.5 Å². The van der Waals surface area contributed by atoms with Crippen LogP contribution in [0.3, 0.4) is 0 Å². The number of nitrogens with zero attached hydrogens (tertiary/aromatic N) is 3. The quantitative estimate of drug-likeness (QED) is 0.291. The van der Waals surface area contributed by atoms with E-state index in [0.29, 0.717) is 28.6 Å². The number of ether oxygens (including phenoxy) is 1. The minimum absolute atomic E-state index is 0.0504. The maximum absolute atomic E-state index is 13.3. The lowest BCUT2D eigenvalue weighted by molar-refractivity contribution is -0.137. The van der Waals surface area contributed by atoms with Crippen molar-refractivity contribution in [2.24, 2.45) is 5.92 Å². The van der Waals surface area contributed by atoms with Crippen molar-refractivity contribution >= 4 is 23.2 Å². The molecule has 0 atom stereocenters. The summed E-state index contributed by atoms with van der Waals surface area (Å²) in [5.41, 5.74) is 0.880. The van der Waals surface area contributed by atoms with Crippen molar-refractivity contribution in [3.8, 4) is 23.1 Å². The van der Waals surface area contributed by atoms with Crippen molar-refractivity contribution in [3.05, 3.63) is 88.9 Å². The monoisotopic (exact) mass is 514 g/mol. The van der Waals surface area contributed by atoms with E-state index < -0.39 is 11.7 Å². The van der Waals surface area contributed by atoms with Crippen LogP contribution in [0.5, 0.6) is 6.01 Å². The zero-order valence-corrected chi connectivity index (χ0v) is 20.1. The van der Waals surface area contributed by atoms with E-state index in [9.17, 15) is 18.0 Å². The van der Waals surface area contributed by atoms with Crippen LogP contribution >= 0.6 is 11.6 Å². The number of anilines is 1. The molecule has 10 heteroatoms. The Balaban J connectivity index is 1.65. The lowest BCUT2D eigenvalue weighted by Crippen LogP contribution is -2.11. The third kappa shape index (κ3) is 6.04. The molecular weight excluding hydrogens is 493 g/mol. The van der Waals surface area contributed by atoms with Crippen LogP contribution in [0.25, 0.3) is 17.1 Å². The zero-order chi connectivity index (χ0) is 25.9. The number of rotatable bonds is 7. The van der Waals surface area contributed by atoms with Gasteiger partial charge in [0.15, 0.2) is 5.82 Å². The van der Waals surface area contributed by atoms with Gasteiger partial charge in [-0.3, -0.25) is 4.79 Å². The highest BCUT2D eigenvalue weighted by molar-refractivity contribution is 6.31. The van der Waals surface area contributed by atoms with Crippen molar-refractivity contribution in [2.45, 2.75) is 20.0 Å². The summed E-state index contributed by atoms with van der Waals surface area (Å²) < 4.78 is 47.0. The fourth-order valence-corrected chi connectivity index (χ4v) is 3.51. The number of hydrogen-bond donors (Lipinski definition) is 1. The van der Waals surface area contributed by atoms with Crippen molar-refractivity contribution < 1.29 is 22.7 Å². The number of hydrogen-bond acceptors (Lipinski definition) is 4. The molecule has 0 saturated carbocycles. The van der Waals surface area contributed by atoms with Crippen LogP contribution < -0.4 is 10.1 Å². The summed E-state index contributed by atoms with van der Waals surface area (Å²) in [4.78, 5) is 16.8. The molecule has 0 spiro atoms. The smallest absolute Gasteiger partial charge is 0.416 e. The molecule has 0 radical (unpaired) electrons. The third-order valence-electron chi connectivity index (χ3n) is 5.04. The molecule has 0 saturated heterocycles. The lowest BCUT2D eigenvalue weighted by Gasteiger charge is -2.10. The van der Waals surface area contributed by atoms with Gasteiger partial charge in [0, 0.05) is 21.8 Å². The van der Waals surface area contributed by atoms with E-state index >= 15 is 0 Å². The largest absolute Gasteiger partial charge is 0.462 e. The van der Waals surface area contributed by atoms with Gasteiger partial charge in [0.1, 0.15) is 0 Å². The number of alkyl halides is 3. The highest BCUT2D eigenvalue weighted by Gasteiger charge is 2.31. The summed E-state index contributed by atoms with van der Waals surface area (Å²) in [6.07, 6.45) is -4.50. The normalized spacial score (nSPS) is 11.5. The van der Waals surface area contributed by atoms with E-state index in [2.05, 4.69) is 15.4 Å². The molecule has 0 aliphatic rings. The minimum atomic E-state index is -4.50. The second kappa shape index (κ2) is 10.4. The molecule has 0 unspecified atom stereocenters. The predicted molar refractivity (Wildman–Crippen MR) is 132 cm³/mol. The standard InChI is InChI=1S/C26H22ClF3N4O2/c1-16(2)15-36-25-32-23(17-5-3-7-19(13-17)26(28,29)30)34(33-25)22-11-9-21(10-12-22)31-24(35)18-6-4-8-20(27)14-18/h3-14,16H,15H2,1-2H3,(H,31,35). The first kappa shape index (κ1) is 25.2. The molecule has 0 aliphatic carbocycles. The Morgan fingerprint density at radius 3 is 2.44 bits per heavy atom. The molecule has 4 aromatic rings. The van der Waals surface area contributed by atoms with Crippen LogP contribution in [-0.4, -0.2) is 27.3 Å². The maximum Gasteiger partial charge on any atom is 0.416 e. The first-order valence-corrected chi connectivity index (χ1v) is 11.4. The summed E-state index contributed by atoms with van der Waals surface area (Å²) in [6, 6.07) is 18.1. The molecule has 3 aromatic carbocycles. The van der Waals surface area contributed by atoms with Crippen LogP contribution in [0, 0.1) is 5.92 Å².